The van der Waals surface area contributed by atoms with Crippen molar-refractivity contribution in [1.82, 2.24) is 5.43 Å². The Labute approximate surface area is 211 Å². The van der Waals surface area contributed by atoms with Crippen LogP contribution in [0, 0.1) is 0 Å². The van der Waals surface area contributed by atoms with E-state index in [1.54, 1.807) is 30.3 Å². The lowest BCUT2D eigenvalue weighted by molar-refractivity contribution is 0.0954. The minimum Gasteiger partial charge on any atom is -0.508 e. The predicted octanol–water partition coefficient (Wildman–Crippen LogP) is 6.58. The lowest BCUT2D eigenvalue weighted by Crippen LogP contribution is -2.17. The van der Waals surface area contributed by atoms with Gasteiger partial charge in [-0.15, -0.1) is 0 Å². The summed E-state index contributed by atoms with van der Waals surface area (Å²) >= 11 is 19.0. The number of rotatable bonds is 7. The lowest BCUT2D eigenvalue weighted by atomic mass is 10.2. The van der Waals surface area contributed by atoms with Crippen LogP contribution in [0.3, 0.4) is 0 Å². The van der Waals surface area contributed by atoms with E-state index in [9.17, 15) is 9.90 Å². The number of methoxy groups -OCH3 is 1. The molecule has 10 heteroatoms. The SMILES string of the molecule is COc1cc(/C=N/NC(=O)c2cccc(O)c2)c(Br)c(Br)c1OCc1ccc(Cl)c(Cl)c1. The van der Waals surface area contributed by atoms with Crippen molar-refractivity contribution in [2.45, 2.75) is 6.61 Å². The second-order valence-electron chi connectivity index (χ2n) is 6.41. The van der Waals surface area contributed by atoms with Crippen molar-refractivity contribution < 1.29 is 19.4 Å². The Morgan fingerprint density at radius 2 is 1.91 bits per heavy atom. The number of nitrogens with one attached hydrogen (secondary N) is 1. The first-order valence-corrected chi connectivity index (χ1v) is 11.4. The van der Waals surface area contributed by atoms with E-state index in [1.807, 2.05) is 6.07 Å². The lowest BCUT2D eigenvalue weighted by Gasteiger charge is -2.15. The quantitative estimate of drug-likeness (QED) is 0.237. The molecule has 0 fully saturated rings. The minimum atomic E-state index is -0.458. The number of hydrogen-bond donors (Lipinski definition) is 2. The van der Waals surface area contributed by atoms with E-state index in [0.717, 1.165) is 5.56 Å². The van der Waals surface area contributed by atoms with E-state index in [2.05, 4.69) is 42.4 Å². The Bertz CT molecular complexity index is 1190. The zero-order chi connectivity index (χ0) is 23.3. The maximum absolute atomic E-state index is 12.2. The molecule has 1 amide bonds. The van der Waals surface area contributed by atoms with Gasteiger partial charge in [0.2, 0.25) is 0 Å². The smallest absolute Gasteiger partial charge is 0.271 e. The van der Waals surface area contributed by atoms with E-state index in [0.29, 0.717) is 36.1 Å². The molecular formula is C22H16Br2Cl2N2O4. The molecule has 0 heterocycles. The van der Waals surface area contributed by atoms with Crippen molar-refractivity contribution in [2.24, 2.45) is 5.10 Å². The molecule has 0 unspecified atom stereocenters. The molecule has 0 aromatic heterocycles. The highest BCUT2D eigenvalue weighted by atomic mass is 79.9. The van der Waals surface area contributed by atoms with Crippen LogP contribution in [0.25, 0.3) is 0 Å². The van der Waals surface area contributed by atoms with E-state index in [-0.39, 0.29) is 17.9 Å². The summed E-state index contributed by atoms with van der Waals surface area (Å²) in [5.41, 5.74) is 4.17. The zero-order valence-electron chi connectivity index (χ0n) is 16.5. The molecule has 0 aliphatic heterocycles. The first-order valence-electron chi connectivity index (χ1n) is 9.05. The number of aromatic hydroxyl groups is 1. The van der Waals surface area contributed by atoms with Gasteiger partial charge in [-0.2, -0.15) is 5.10 Å². The van der Waals surface area contributed by atoms with Gasteiger partial charge in [-0.05, 0) is 73.8 Å². The number of hydrazone groups is 1. The topological polar surface area (TPSA) is 80.2 Å². The minimum absolute atomic E-state index is 0.00509. The van der Waals surface area contributed by atoms with Crippen LogP contribution < -0.4 is 14.9 Å². The van der Waals surface area contributed by atoms with Gasteiger partial charge < -0.3 is 14.6 Å². The second-order valence-corrected chi connectivity index (χ2v) is 8.81. The van der Waals surface area contributed by atoms with Crippen LogP contribution in [0.15, 0.2) is 62.6 Å². The van der Waals surface area contributed by atoms with Gasteiger partial charge in [-0.3, -0.25) is 4.79 Å². The summed E-state index contributed by atoms with van der Waals surface area (Å²) in [5.74, 6) is 0.475. The number of hydrogen-bond acceptors (Lipinski definition) is 5. The summed E-state index contributed by atoms with van der Waals surface area (Å²) in [6.45, 7) is 0.242. The molecule has 3 rings (SSSR count). The Morgan fingerprint density at radius 1 is 1.12 bits per heavy atom. The van der Waals surface area contributed by atoms with Crippen molar-refractivity contribution in [3.8, 4) is 17.2 Å². The zero-order valence-corrected chi connectivity index (χ0v) is 21.2. The summed E-state index contributed by atoms with van der Waals surface area (Å²) in [4.78, 5) is 12.2. The molecule has 0 aliphatic rings. The molecule has 32 heavy (non-hydrogen) atoms. The molecule has 0 aliphatic carbocycles. The molecule has 6 nitrogen and oxygen atoms in total. The maximum Gasteiger partial charge on any atom is 0.271 e. The van der Waals surface area contributed by atoms with Crippen LogP contribution in [0.5, 0.6) is 17.2 Å². The molecule has 3 aromatic carbocycles. The van der Waals surface area contributed by atoms with Gasteiger partial charge in [0, 0.05) is 15.6 Å². The maximum atomic E-state index is 12.2. The third-order valence-electron chi connectivity index (χ3n) is 4.22. The van der Waals surface area contributed by atoms with Crippen LogP contribution >= 0.6 is 55.1 Å². The molecule has 0 saturated heterocycles. The fourth-order valence-corrected chi connectivity index (χ4v) is 3.90. The number of ether oxygens (including phenoxy) is 2. The van der Waals surface area contributed by atoms with Gasteiger partial charge in [0.1, 0.15) is 12.4 Å². The number of amides is 1. The van der Waals surface area contributed by atoms with Gasteiger partial charge >= 0.3 is 0 Å². The van der Waals surface area contributed by atoms with Crippen LogP contribution in [0.2, 0.25) is 10.0 Å². The van der Waals surface area contributed by atoms with E-state index in [4.69, 9.17) is 32.7 Å². The predicted molar refractivity (Wildman–Crippen MR) is 132 cm³/mol. The molecule has 3 aromatic rings. The molecule has 0 spiro atoms. The second kappa shape index (κ2) is 11.0. The Kier molecular flexibility index (Phi) is 8.42. The number of nitrogens with zero attached hydrogens (tertiary/aromatic N) is 1. The van der Waals surface area contributed by atoms with Gasteiger partial charge in [-0.1, -0.05) is 35.3 Å². The number of phenolic OH excluding ortho intramolecular Hbond substituents is 1. The van der Waals surface area contributed by atoms with Crippen LogP contribution in [0.4, 0.5) is 0 Å². The summed E-state index contributed by atoms with van der Waals surface area (Å²) in [6.07, 6.45) is 1.46. The van der Waals surface area contributed by atoms with E-state index in [1.165, 1.54) is 25.5 Å². The summed E-state index contributed by atoms with van der Waals surface area (Å²) in [6, 6.07) is 12.9. The summed E-state index contributed by atoms with van der Waals surface area (Å²) in [7, 11) is 1.52. The van der Waals surface area contributed by atoms with E-state index >= 15 is 0 Å². The average Bonchev–Trinajstić information content (AvgIpc) is 2.78. The van der Waals surface area contributed by atoms with Gasteiger partial charge in [0.25, 0.3) is 5.91 Å². The third kappa shape index (κ3) is 5.95. The number of carbonyl (C=O) groups excluding carboxylic acids is 1. The van der Waals surface area contributed by atoms with Gasteiger partial charge in [-0.25, -0.2) is 5.43 Å². The van der Waals surface area contributed by atoms with Crippen molar-refractivity contribution in [2.75, 3.05) is 7.11 Å². The largest absolute Gasteiger partial charge is 0.508 e. The first-order chi connectivity index (χ1) is 15.3. The number of carbonyl (C=O) groups is 1. The third-order valence-corrected chi connectivity index (χ3v) is 7.10. The van der Waals surface area contributed by atoms with Crippen molar-refractivity contribution in [3.63, 3.8) is 0 Å². The van der Waals surface area contributed by atoms with Crippen LogP contribution in [0.1, 0.15) is 21.5 Å². The standard InChI is InChI=1S/C22H16Br2Cl2N2O4/c1-31-18-9-14(10-27-28-22(30)13-3-2-4-15(29)8-13)19(23)20(24)21(18)32-11-12-5-6-16(25)17(26)7-12/h2-10,29H,11H2,1H3,(H,28,30)/b27-10+. The number of phenols is 1. The normalized spacial score (nSPS) is 10.9. The van der Waals surface area contributed by atoms with Crippen molar-refractivity contribution >= 4 is 67.2 Å². The summed E-state index contributed by atoms with van der Waals surface area (Å²) < 4.78 is 12.7. The van der Waals surface area contributed by atoms with E-state index < -0.39 is 5.91 Å². The van der Waals surface area contributed by atoms with Gasteiger partial charge in [0.05, 0.1) is 27.8 Å². The molecule has 0 radical (unpaired) electrons. The van der Waals surface area contributed by atoms with Crippen molar-refractivity contribution in [1.29, 1.82) is 0 Å². The molecule has 166 valence electrons. The first kappa shape index (κ1) is 24.4. The highest BCUT2D eigenvalue weighted by Gasteiger charge is 2.17. The fraction of sp³-hybridized carbons (Fsp3) is 0.0909. The average molecular weight is 603 g/mol. The Hall–Kier alpha value is -2.26. The number of benzene rings is 3. The van der Waals surface area contributed by atoms with Crippen molar-refractivity contribution in [3.05, 3.63) is 84.2 Å². The fourth-order valence-electron chi connectivity index (χ4n) is 2.64. The Morgan fingerprint density at radius 3 is 2.59 bits per heavy atom. The number of halogens is 4. The molecule has 2 N–H and O–H groups in total. The van der Waals surface area contributed by atoms with Crippen LogP contribution in [-0.4, -0.2) is 24.3 Å². The molecule has 0 saturated carbocycles. The molecule has 0 bridgehead atoms. The highest BCUT2D eigenvalue weighted by molar-refractivity contribution is 9.13. The summed E-state index contributed by atoms with van der Waals surface area (Å²) in [5, 5.41) is 14.4. The molecule has 0 atom stereocenters. The highest BCUT2D eigenvalue weighted by Crippen LogP contribution is 2.42. The van der Waals surface area contributed by atoms with Gasteiger partial charge in [0.15, 0.2) is 11.5 Å². The monoisotopic (exact) mass is 600 g/mol. The van der Waals surface area contributed by atoms with Crippen LogP contribution in [-0.2, 0) is 6.61 Å². The molecular weight excluding hydrogens is 587 g/mol. The Balaban J connectivity index is 1.76.